The van der Waals surface area contributed by atoms with E-state index in [2.05, 4.69) is 36.3 Å². The quantitative estimate of drug-likeness (QED) is 0.642. The topological polar surface area (TPSA) is 100 Å². The van der Waals surface area contributed by atoms with E-state index in [0.717, 1.165) is 25.8 Å². The second-order valence-corrected chi connectivity index (χ2v) is 11.7. The molecule has 0 aliphatic carbocycles. The fourth-order valence-electron chi connectivity index (χ4n) is 5.34. The zero-order valence-corrected chi connectivity index (χ0v) is 22.6. The van der Waals surface area contributed by atoms with Crippen LogP contribution in [0.1, 0.15) is 63.7 Å². The van der Waals surface area contributed by atoms with Crippen molar-refractivity contribution in [2.45, 2.75) is 77.7 Å². The van der Waals surface area contributed by atoms with Crippen LogP contribution < -0.4 is 15.4 Å². The third-order valence-corrected chi connectivity index (χ3v) is 7.50. The molecule has 3 aliphatic rings. The number of rotatable bonds is 3. The number of benzene rings is 1. The maximum absolute atomic E-state index is 13.8. The van der Waals surface area contributed by atoms with Crippen molar-refractivity contribution in [2.24, 2.45) is 5.41 Å². The summed E-state index contributed by atoms with van der Waals surface area (Å²) in [5.41, 5.74) is 0.663. The van der Waals surface area contributed by atoms with Crippen molar-refractivity contribution in [3.8, 4) is 5.75 Å². The highest BCUT2D eigenvalue weighted by molar-refractivity contribution is 6.00. The van der Waals surface area contributed by atoms with E-state index in [1.807, 2.05) is 18.2 Å². The Morgan fingerprint density at radius 2 is 1.92 bits per heavy atom. The van der Waals surface area contributed by atoms with Crippen LogP contribution in [0.15, 0.2) is 24.3 Å². The van der Waals surface area contributed by atoms with Crippen molar-refractivity contribution in [1.29, 1.82) is 0 Å². The largest absolute Gasteiger partial charge is 0.493 e. The van der Waals surface area contributed by atoms with Gasteiger partial charge in [0.1, 0.15) is 11.8 Å². The second kappa shape index (κ2) is 11.8. The lowest BCUT2D eigenvalue weighted by atomic mass is 9.92. The van der Waals surface area contributed by atoms with E-state index in [0.29, 0.717) is 44.0 Å². The van der Waals surface area contributed by atoms with E-state index in [1.165, 1.54) is 6.92 Å². The van der Waals surface area contributed by atoms with Gasteiger partial charge in [0.05, 0.1) is 30.4 Å². The predicted molar refractivity (Wildman–Crippen MR) is 140 cm³/mol. The second-order valence-electron chi connectivity index (χ2n) is 11.7. The molecule has 0 unspecified atom stereocenters. The van der Waals surface area contributed by atoms with Crippen LogP contribution in [-0.2, 0) is 14.3 Å². The van der Waals surface area contributed by atoms with Gasteiger partial charge in [0, 0.05) is 39.5 Å². The Hall–Kier alpha value is -2.65. The summed E-state index contributed by atoms with van der Waals surface area (Å²) in [5.74, 6) is 0.0334. The molecule has 2 saturated heterocycles. The predicted octanol–water partition coefficient (Wildman–Crippen LogP) is 2.20. The molecule has 3 heterocycles. The lowest BCUT2D eigenvalue weighted by molar-refractivity contribution is -0.131. The van der Waals surface area contributed by atoms with E-state index in [9.17, 15) is 14.4 Å². The highest BCUT2D eigenvalue weighted by Gasteiger charge is 2.38. The van der Waals surface area contributed by atoms with Crippen molar-refractivity contribution in [1.82, 2.24) is 20.4 Å². The fourth-order valence-corrected chi connectivity index (χ4v) is 5.34. The molecule has 3 amide bonds. The van der Waals surface area contributed by atoms with Crippen LogP contribution in [0.3, 0.4) is 0 Å². The minimum Gasteiger partial charge on any atom is -0.493 e. The number of carbonyl (C=O) groups is 3. The molecule has 9 nitrogen and oxygen atoms in total. The van der Waals surface area contributed by atoms with E-state index in [-0.39, 0.29) is 47.9 Å². The molecule has 204 valence electrons. The number of ether oxygens (including phenoxy) is 2. The van der Waals surface area contributed by atoms with Crippen molar-refractivity contribution >= 4 is 17.7 Å². The average molecular weight is 515 g/mol. The van der Waals surface area contributed by atoms with Crippen molar-refractivity contribution < 1.29 is 23.9 Å². The third-order valence-electron chi connectivity index (χ3n) is 7.50. The van der Waals surface area contributed by atoms with Crippen LogP contribution in [0.25, 0.3) is 0 Å². The summed E-state index contributed by atoms with van der Waals surface area (Å²) in [6.45, 7) is 11.3. The minimum absolute atomic E-state index is 0.0446. The van der Waals surface area contributed by atoms with Crippen LogP contribution in [0.4, 0.5) is 0 Å². The Morgan fingerprint density at radius 3 is 2.68 bits per heavy atom. The average Bonchev–Trinajstić information content (AvgIpc) is 2.85. The smallest absolute Gasteiger partial charge is 0.258 e. The molecule has 0 aromatic heterocycles. The van der Waals surface area contributed by atoms with Gasteiger partial charge >= 0.3 is 0 Å². The van der Waals surface area contributed by atoms with Crippen molar-refractivity contribution in [3.05, 3.63) is 29.8 Å². The maximum Gasteiger partial charge on any atom is 0.258 e. The van der Waals surface area contributed by atoms with E-state index >= 15 is 0 Å². The first-order valence-electron chi connectivity index (χ1n) is 13.6. The zero-order chi connectivity index (χ0) is 26.6. The summed E-state index contributed by atoms with van der Waals surface area (Å²) >= 11 is 0. The Morgan fingerprint density at radius 1 is 1.14 bits per heavy atom. The Balaban J connectivity index is 1.59. The lowest BCUT2D eigenvalue weighted by Crippen LogP contribution is -2.62. The first-order chi connectivity index (χ1) is 17.6. The summed E-state index contributed by atoms with van der Waals surface area (Å²) < 4.78 is 12.4. The molecule has 37 heavy (non-hydrogen) atoms. The highest BCUT2D eigenvalue weighted by atomic mass is 16.5. The van der Waals surface area contributed by atoms with E-state index in [4.69, 9.17) is 9.47 Å². The van der Waals surface area contributed by atoms with E-state index in [1.54, 1.807) is 11.0 Å². The molecule has 0 spiro atoms. The van der Waals surface area contributed by atoms with Crippen molar-refractivity contribution in [2.75, 3.05) is 39.3 Å². The first kappa shape index (κ1) is 27.4. The highest BCUT2D eigenvalue weighted by Crippen LogP contribution is 2.27. The monoisotopic (exact) mass is 514 g/mol. The van der Waals surface area contributed by atoms with Crippen LogP contribution in [-0.4, -0.2) is 91.1 Å². The molecule has 0 radical (unpaired) electrons. The zero-order valence-electron chi connectivity index (χ0n) is 22.6. The van der Waals surface area contributed by atoms with Gasteiger partial charge in [0.25, 0.3) is 5.91 Å². The number of para-hydroxylation sites is 1. The van der Waals surface area contributed by atoms with Gasteiger partial charge in [-0.1, -0.05) is 32.9 Å². The summed E-state index contributed by atoms with van der Waals surface area (Å²) in [6, 6.07) is 6.47. The fraction of sp³-hybridized carbons (Fsp3) is 0.679. The van der Waals surface area contributed by atoms with Crippen LogP contribution >= 0.6 is 0 Å². The summed E-state index contributed by atoms with van der Waals surface area (Å²) in [4.78, 5) is 43.1. The molecular weight excluding hydrogens is 472 g/mol. The van der Waals surface area contributed by atoms with Crippen molar-refractivity contribution in [3.63, 3.8) is 0 Å². The van der Waals surface area contributed by atoms with Crippen LogP contribution in [0.5, 0.6) is 5.75 Å². The van der Waals surface area contributed by atoms with Gasteiger partial charge in [-0.25, -0.2) is 0 Å². The van der Waals surface area contributed by atoms with Crippen LogP contribution in [0.2, 0.25) is 0 Å². The van der Waals surface area contributed by atoms with Gasteiger partial charge < -0.3 is 25.0 Å². The van der Waals surface area contributed by atoms with Gasteiger partial charge in [-0.05, 0) is 43.4 Å². The minimum atomic E-state index is -0.629. The molecule has 9 heteroatoms. The molecule has 2 fully saturated rings. The van der Waals surface area contributed by atoms with Crippen LogP contribution in [0, 0.1) is 5.41 Å². The molecule has 3 aliphatic heterocycles. The standard InChI is InChI=1S/C28H42N4O5/c1-19(33)30-22-10-9-20-11-16-36-24-8-6-5-7-21(24)27(35)32-15-14-31(13-12-28(2,3)4)18-23(32)26(34)29-17-25(22)37-20/h5-8,20,22-23,25H,9-18H2,1-4H3,(H,29,34)(H,30,33)/t20-,22+,23-,25+/m0/s1. The Bertz CT molecular complexity index is 978. The number of carbonyl (C=O) groups excluding carboxylic acids is 3. The summed E-state index contributed by atoms with van der Waals surface area (Å²) in [7, 11) is 0. The first-order valence-corrected chi connectivity index (χ1v) is 13.6. The normalized spacial score (nSPS) is 27.7. The number of nitrogens with zero attached hydrogens (tertiary/aromatic N) is 2. The molecule has 1 aromatic rings. The molecule has 4 rings (SSSR count). The van der Waals surface area contributed by atoms with E-state index < -0.39 is 6.04 Å². The SMILES string of the molecule is CC(=O)N[C@@H]1CC[C@H]2CCOc3ccccc3C(=O)N3CCN(CCC(C)(C)C)C[C@H]3C(=O)NC[C@H]1O2. The number of amides is 3. The lowest BCUT2D eigenvalue weighted by Gasteiger charge is -2.42. The third kappa shape index (κ3) is 7.23. The van der Waals surface area contributed by atoms with Gasteiger partial charge in [0.15, 0.2) is 0 Å². The Labute approximate surface area is 220 Å². The molecule has 2 bridgehead atoms. The summed E-state index contributed by atoms with van der Waals surface area (Å²) in [6.07, 6.45) is 2.84. The molecular formula is C28H42N4O5. The van der Waals surface area contributed by atoms with Gasteiger partial charge in [-0.3, -0.25) is 19.3 Å². The van der Waals surface area contributed by atoms with Gasteiger partial charge in [-0.2, -0.15) is 0 Å². The molecule has 2 N–H and O–H groups in total. The molecule has 0 saturated carbocycles. The molecule has 4 atom stereocenters. The Kier molecular flexibility index (Phi) is 8.75. The number of nitrogens with one attached hydrogen (secondary N) is 2. The van der Waals surface area contributed by atoms with Gasteiger partial charge in [0.2, 0.25) is 11.8 Å². The number of hydrogen-bond donors (Lipinski definition) is 2. The molecule has 1 aromatic carbocycles. The maximum atomic E-state index is 13.8. The number of fused-ring (bicyclic) bond motifs is 4. The number of hydrogen-bond acceptors (Lipinski definition) is 6. The van der Waals surface area contributed by atoms with Gasteiger partial charge in [-0.15, -0.1) is 0 Å². The summed E-state index contributed by atoms with van der Waals surface area (Å²) in [5, 5.41) is 6.05. The number of piperazine rings is 1.